The SMILES string of the molecule is O=C(O)N1CCC2(C=c3ncsc3=C2)CC1. The molecule has 0 aromatic carbocycles. The number of hydrogen-bond acceptors (Lipinski definition) is 3. The highest BCUT2D eigenvalue weighted by molar-refractivity contribution is 7.07. The first-order chi connectivity index (χ1) is 7.69. The van der Waals surface area contributed by atoms with Crippen molar-refractivity contribution >= 4 is 29.6 Å². The van der Waals surface area contributed by atoms with Crippen LogP contribution < -0.4 is 9.88 Å². The minimum Gasteiger partial charge on any atom is -0.465 e. The fraction of sp³-hybridized carbons (Fsp3) is 0.455. The highest BCUT2D eigenvalue weighted by atomic mass is 32.1. The monoisotopic (exact) mass is 236 g/mol. The Morgan fingerprint density at radius 1 is 1.44 bits per heavy atom. The molecule has 5 heteroatoms. The van der Waals surface area contributed by atoms with E-state index < -0.39 is 6.09 Å². The molecule has 2 heterocycles. The van der Waals surface area contributed by atoms with Crippen LogP contribution in [-0.2, 0) is 0 Å². The second-order valence-corrected chi connectivity index (χ2v) is 5.28. The summed E-state index contributed by atoms with van der Waals surface area (Å²) in [4.78, 5) is 16.6. The molecule has 1 aromatic heterocycles. The van der Waals surface area contributed by atoms with Gasteiger partial charge in [0, 0.05) is 18.5 Å². The molecule has 84 valence electrons. The van der Waals surface area contributed by atoms with Gasteiger partial charge >= 0.3 is 6.09 Å². The Morgan fingerprint density at radius 2 is 2.19 bits per heavy atom. The highest BCUT2D eigenvalue weighted by Crippen LogP contribution is 2.36. The maximum Gasteiger partial charge on any atom is 0.407 e. The Morgan fingerprint density at radius 3 is 2.81 bits per heavy atom. The molecular weight excluding hydrogens is 224 g/mol. The summed E-state index contributed by atoms with van der Waals surface area (Å²) in [7, 11) is 0. The van der Waals surface area contributed by atoms with Crippen LogP contribution in [0.25, 0.3) is 12.2 Å². The third-order valence-electron chi connectivity index (χ3n) is 3.43. The molecule has 0 unspecified atom stereocenters. The molecule has 1 N–H and O–H groups in total. The Hall–Kier alpha value is -1.36. The highest BCUT2D eigenvalue weighted by Gasteiger charge is 2.34. The predicted molar refractivity (Wildman–Crippen MR) is 61.6 cm³/mol. The van der Waals surface area contributed by atoms with Crippen molar-refractivity contribution in [2.24, 2.45) is 5.41 Å². The van der Waals surface area contributed by atoms with Gasteiger partial charge in [0.05, 0.1) is 15.4 Å². The molecule has 0 atom stereocenters. The summed E-state index contributed by atoms with van der Waals surface area (Å²) in [5.74, 6) is 0. The molecule has 1 saturated heterocycles. The van der Waals surface area contributed by atoms with E-state index in [9.17, 15) is 4.79 Å². The van der Waals surface area contributed by atoms with E-state index in [2.05, 4.69) is 17.1 Å². The van der Waals surface area contributed by atoms with E-state index in [1.165, 1.54) is 9.43 Å². The number of carbonyl (C=O) groups is 1. The number of rotatable bonds is 0. The zero-order chi connectivity index (χ0) is 11.2. The van der Waals surface area contributed by atoms with Gasteiger partial charge < -0.3 is 10.0 Å². The van der Waals surface area contributed by atoms with Crippen LogP contribution >= 0.6 is 11.3 Å². The van der Waals surface area contributed by atoms with Gasteiger partial charge in [-0.1, -0.05) is 6.08 Å². The standard InChI is InChI=1S/C11H12N2O2S/c14-10(15)13-3-1-11(2-4-13)5-8-9(6-11)16-7-12-8/h5-7H,1-4H2,(H,14,15). The van der Waals surface area contributed by atoms with Gasteiger partial charge in [0.15, 0.2) is 0 Å². The van der Waals surface area contributed by atoms with Crippen LogP contribution in [0.4, 0.5) is 4.79 Å². The van der Waals surface area contributed by atoms with E-state index in [1.54, 1.807) is 11.3 Å². The lowest BCUT2D eigenvalue weighted by Crippen LogP contribution is -2.40. The van der Waals surface area contributed by atoms with Gasteiger partial charge in [-0.15, -0.1) is 11.3 Å². The van der Waals surface area contributed by atoms with Crippen molar-refractivity contribution in [2.45, 2.75) is 12.8 Å². The smallest absolute Gasteiger partial charge is 0.407 e. The molecular formula is C11H12N2O2S. The third-order valence-corrected chi connectivity index (χ3v) is 4.22. The fourth-order valence-electron chi connectivity index (χ4n) is 2.46. The van der Waals surface area contributed by atoms with E-state index in [1.807, 2.05) is 5.51 Å². The van der Waals surface area contributed by atoms with Crippen molar-refractivity contribution in [1.29, 1.82) is 0 Å². The zero-order valence-corrected chi connectivity index (χ0v) is 9.54. The summed E-state index contributed by atoms with van der Waals surface area (Å²) in [6.45, 7) is 1.24. The topological polar surface area (TPSA) is 53.4 Å². The first-order valence-corrected chi connectivity index (χ1v) is 6.20. The normalized spacial score (nSPS) is 21.4. The Kier molecular flexibility index (Phi) is 2.04. The first-order valence-electron chi connectivity index (χ1n) is 5.32. The molecule has 1 aliphatic carbocycles. The van der Waals surface area contributed by atoms with Crippen molar-refractivity contribution in [3.05, 3.63) is 15.4 Å². The van der Waals surface area contributed by atoms with Crippen molar-refractivity contribution in [3.8, 4) is 0 Å². The summed E-state index contributed by atoms with van der Waals surface area (Å²) in [5.41, 5.74) is 1.93. The number of fused-ring (bicyclic) bond motifs is 1. The van der Waals surface area contributed by atoms with E-state index in [0.717, 1.165) is 18.2 Å². The zero-order valence-electron chi connectivity index (χ0n) is 8.72. The van der Waals surface area contributed by atoms with Crippen molar-refractivity contribution in [2.75, 3.05) is 13.1 Å². The molecule has 1 aliphatic heterocycles. The van der Waals surface area contributed by atoms with Gasteiger partial charge in [0.25, 0.3) is 0 Å². The molecule has 2 aliphatic rings. The number of aromatic nitrogens is 1. The van der Waals surface area contributed by atoms with Crippen LogP contribution in [0, 0.1) is 5.41 Å². The Bertz CT molecular complexity index is 508. The van der Waals surface area contributed by atoms with Crippen LogP contribution in [-0.4, -0.2) is 34.2 Å². The lowest BCUT2D eigenvalue weighted by atomic mass is 9.80. The van der Waals surface area contributed by atoms with Gasteiger partial charge in [0.2, 0.25) is 0 Å². The largest absolute Gasteiger partial charge is 0.465 e. The average molecular weight is 236 g/mol. The lowest BCUT2D eigenvalue weighted by molar-refractivity contribution is 0.124. The van der Waals surface area contributed by atoms with E-state index in [4.69, 9.17) is 5.11 Å². The van der Waals surface area contributed by atoms with Gasteiger partial charge in [-0.3, -0.25) is 0 Å². The molecule has 1 aromatic rings. The molecule has 3 rings (SSSR count). The Balaban J connectivity index is 1.85. The molecule has 0 radical (unpaired) electrons. The summed E-state index contributed by atoms with van der Waals surface area (Å²) in [6, 6.07) is 0. The molecule has 0 saturated carbocycles. The fourth-order valence-corrected chi connectivity index (χ4v) is 3.27. The van der Waals surface area contributed by atoms with E-state index in [0.29, 0.717) is 13.1 Å². The van der Waals surface area contributed by atoms with Crippen molar-refractivity contribution in [3.63, 3.8) is 0 Å². The number of carboxylic acid groups (broad SMARTS) is 1. The van der Waals surface area contributed by atoms with Crippen LogP contribution in [0.5, 0.6) is 0 Å². The van der Waals surface area contributed by atoms with Crippen molar-refractivity contribution < 1.29 is 9.90 Å². The summed E-state index contributed by atoms with van der Waals surface area (Å²) in [6.07, 6.45) is 5.42. The van der Waals surface area contributed by atoms with Gasteiger partial charge in [0.1, 0.15) is 0 Å². The molecule has 0 bridgehead atoms. The molecule has 1 fully saturated rings. The van der Waals surface area contributed by atoms with Crippen LogP contribution in [0.3, 0.4) is 0 Å². The number of thiazole rings is 1. The maximum absolute atomic E-state index is 10.8. The van der Waals surface area contributed by atoms with E-state index >= 15 is 0 Å². The predicted octanol–water partition coefficient (Wildman–Crippen LogP) is 0.478. The number of likely N-dealkylation sites (tertiary alicyclic amines) is 1. The number of amides is 1. The number of nitrogens with zero attached hydrogens (tertiary/aromatic N) is 2. The molecule has 1 spiro atoms. The molecule has 4 nitrogen and oxygen atoms in total. The average Bonchev–Trinajstić information content (AvgIpc) is 2.77. The third kappa shape index (κ3) is 1.43. The summed E-state index contributed by atoms with van der Waals surface area (Å²) in [5, 5.41) is 9.98. The lowest BCUT2D eigenvalue weighted by Gasteiger charge is -2.35. The molecule has 1 amide bonds. The number of hydrogen-bond donors (Lipinski definition) is 1. The van der Waals surface area contributed by atoms with Gasteiger partial charge in [-0.25, -0.2) is 9.78 Å². The van der Waals surface area contributed by atoms with Crippen LogP contribution in [0.15, 0.2) is 5.51 Å². The van der Waals surface area contributed by atoms with Gasteiger partial charge in [-0.2, -0.15) is 0 Å². The first kappa shape index (κ1) is 9.84. The minimum absolute atomic E-state index is 0.0708. The quantitative estimate of drug-likeness (QED) is 0.712. The second kappa shape index (κ2) is 3.31. The maximum atomic E-state index is 10.8. The molecule has 16 heavy (non-hydrogen) atoms. The van der Waals surface area contributed by atoms with Crippen molar-refractivity contribution in [1.82, 2.24) is 9.88 Å². The summed E-state index contributed by atoms with van der Waals surface area (Å²) < 4.78 is 1.24. The summed E-state index contributed by atoms with van der Waals surface area (Å²) >= 11 is 1.66. The second-order valence-electron chi connectivity index (χ2n) is 4.39. The van der Waals surface area contributed by atoms with Crippen LogP contribution in [0.1, 0.15) is 12.8 Å². The van der Waals surface area contributed by atoms with Crippen LogP contribution in [0.2, 0.25) is 0 Å². The van der Waals surface area contributed by atoms with Gasteiger partial charge in [-0.05, 0) is 18.9 Å². The number of piperidine rings is 1. The van der Waals surface area contributed by atoms with E-state index in [-0.39, 0.29) is 5.41 Å². The minimum atomic E-state index is -0.805. The Labute approximate surface area is 96.5 Å².